The third-order valence-corrected chi connectivity index (χ3v) is 1.52. The number of ether oxygens (including phenoxy) is 1. The van der Waals surface area contributed by atoms with Crippen LogP contribution in [0.3, 0.4) is 0 Å². The van der Waals surface area contributed by atoms with Crippen molar-refractivity contribution in [1.82, 2.24) is 5.32 Å². The van der Waals surface area contributed by atoms with Crippen molar-refractivity contribution in [3.05, 3.63) is 0 Å². The van der Waals surface area contributed by atoms with Crippen molar-refractivity contribution >= 4 is 0 Å². The van der Waals surface area contributed by atoms with Crippen molar-refractivity contribution < 1.29 is 4.74 Å². The summed E-state index contributed by atoms with van der Waals surface area (Å²) in [5.74, 6) is 0. The summed E-state index contributed by atoms with van der Waals surface area (Å²) in [6.07, 6.45) is 3.65. The molecule has 0 aliphatic carbocycles. The summed E-state index contributed by atoms with van der Waals surface area (Å²) in [6.45, 7) is 8.28. The summed E-state index contributed by atoms with van der Waals surface area (Å²) in [7, 11) is 0. The van der Waals surface area contributed by atoms with Gasteiger partial charge in [0.25, 0.3) is 0 Å². The van der Waals surface area contributed by atoms with Gasteiger partial charge in [-0.05, 0) is 39.3 Å². The van der Waals surface area contributed by atoms with Gasteiger partial charge < -0.3 is 10.1 Å². The van der Waals surface area contributed by atoms with Gasteiger partial charge in [-0.15, -0.1) is 0 Å². The highest BCUT2D eigenvalue weighted by Crippen LogP contribution is 1.87. The molecule has 0 aromatic rings. The Labute approximate surface area is 70.3 Å². The van der Waals surface area contributed by atoms with Crippen LogP contribution in [-0.4, -0.2) is 26.3 Å². The molecule has 0 aliphatic heterocycles. The fourth-order valence-electron chi connectivity index (χ4n) is 0.900. The minimum absolute atomic E-state index is 0.850. The van der Waals surface area contributed by atoms with Crippen LogP contribution in [0.25, 0.3) is 0 Å². The second kappa shape index (κ2) is 9.92. The van der Waals surface area contributed by atoms with Crippen molar-refractivity contribution in [2.75, 3.05) is 26.3 Å². The van der Waals surface area contributed by atoms with Crippen molar-refractivity contribution in [2.24, 2.45) is 0 Å². The molecule has 0 rings (SSSR count). The molecule has 11 heavy (non-hydrogen) atoms. The topological polar surface area (TPSA) is 21.3 Å². The third-order valence-electron chi connectivity index (χ3n) is 1.52. The van der Waals surface area contributed by atoms with E-state index in [0.717, 1.165) is 26.3 Å². The standard InChI is InChI=1S/C9H21NO/c1-3-7-10-8-5-6-9-11-4-2/h10H,3-9H2,1-2H3. The van der Waals surface area contributed by atoms with Gasteiger partial charge in [0.1, 0.15) is 0 Å². The molecule has 0 saturated heterocycles. The molecule has 0 amide bonds. The summed E-state index contributed by atoms with van der Waals surface area (Å²) in [6, 6.07) is 0. The van der Waals surface area contributed by atoms with E-state index in [1.165, 1.54) is 19.3 Å². The molecule has 0 atom stereocenters. The Hall–Kier alpha value is -0.0800. The predicted octanol–water partition coefficient (Wildman–Crippen LogP) is 1.80. The Morgan fingerprint density at radius 2 is 1.91 bits per heavy atom. The molecule has 0 heterocycles. The molecule has 0 fully saturated rings. The molecule has 0 aromatic carbocycles. The van der Waals surface area contributed by atoms with E-state index in [2.05, 4.69) is 12.2 Å². The average molecular weight is 159 g/mol. The van der Waals surface area contributed by atoms with Gasteiger partial charge in [-0.25, -0.2) is 0 Å². The molecule has 0 radical (unpaired) electrons. The van der Waals surface area contributed by atoms with E-state index in [1.807, 2.05) is 6.92 Å². The van der Waals surface area contributed by atoms with E-state index in [0.29, 0.717) is 0 Å². The molecule has 0 unspecified atom stereocenters. The second-order valence-corrected chi connectivity index (χ2v) is 2.65. The molecule has 2 nitrogen and oxygen atoms in total. The van der Waals surface area contributed by atoms with Crippen LogP contribution in [0.1, 0.15) is 33.1 Å². The fourth-order valence-corrected chi connectivity index (χ4v) is 0.900. The molecule has 0 spiro atoms. The molecule has 0 aliphatic rings. The minimum Gasteiger partial charge on any atom is -0.382 e. The van der Waals surface area contributed by atoms with Gasteiger partial charge in [-0.2, -0.15) is 0 Å². The van der Waals surface area contributed by atoms with E-state index in [-0.39, 0.29) is 0 Å². The highest BCUT2D eigenvalue weighted by atomic mass is 16.5. The number of rotatable bonds is 8. The van der Waals surface area contributed by atoms with Crippen LogP contribution < -0.4 is 5.32 Å². The first-order chi connectivity index (χ1) is 5.41. The van der Waals surface area contributed by atoms with Gasteiger partial charge in [0.2, 0.25) is 0 Å². The van der Waals surface area contributed by atoms with Gasteiger partial charge >= 0.3 is 0 Å². The molecule has 0 bridgehead atoms. The lowest BCUT2D eigenvalue weighted by molar-refractivity contribution is 0.143. The van der Waals surface area contributed by atoms with Gasteiger partial charge in [0.05, 0.1) is 0 Å². The van der Waals surface area contributed by atoms with Gasteiger partial charge in [0.15, 0.2) is 0 Å². The summed E-state index contributed by atoms with van der Waals surface area (Å²) in [5.41, 5.74) is 0. The predicted molar refractivity (Wildman–Crippen MR) is 48.9 cm³/mol. The Bertz CT molecular complexity index is 58.6. The van der Waals surface area contributed by atoms with Crippen LogP contribution in [0.2, 0.25) is 0 Å². The normalized spacial score (nSPS) is 10.4. The van der Waals surface area contributed by atoms with Gasteiger partial charge in [-0.3, -0.25) is 0 Å². The highest BCUT2D eigenvalue weighted by Gasteiger charge is 1.87. The molecular weight excluding hydrogens is 138 g/mol. The van der Waals surface area contributed by atoms with Crippen LogP contribution in [0, 0.1) is 0 Å². The monoisotopic (exact) mass is 159 g/mol. The van der Waals surface area contributed by atoms with Crippen molar-refractivity contribution in [3.8, 4) is 0 Å². The summed E-state index contributed by atoms with van der Waals surface area (Å²) >= 11 is 0. The van der Waals surface area contributed by atoms with E-state index >= 15 is 0 Å². The Morgan fingerprint density at radius 3 is 2.55 bits per heavy atom. The lowest BCUT2D eigenvalue weighted by atomic mass is 10.3. The van der Waals surface area contributed by atoms with Gasteiger partial charge in [-0.1, -0.05) is 6.92 Å². The van der Waals surface area contributed by atoms with Crippen LogP contribution in [0.15, 0.2) is 0 Å². The van der Waals surface area contributed by atoms with Crippen molar-refractivity contribution in [3.63, 3.8) is 0 Å². The van der Waals surface area contributed by atoms with Gasteiger partial charge in [0, 0.05) is 13.2 Å². The zero-order chi connectivity index (χ0) is 8.36. The lowest BCUT2D eigenvalue weighted by Crippen LogP contribution is -2.16. The first-order valence-corrected chi connectivity index (χ1v) is 4.70. The SMILES string of the molecule is CCCNCCCCOCC. The molecule has 0 aromatic heterocycles. The average Bonchev–Trinajstić information content (AvgIpc) is 2.03. The first-order valence-electron chi connectivity index (χ1n) is 4.70. The van der Waals surface area contributed by atoms with Crippen LogP contribution in [0.4, 0.5) is 0 Å². The third kappa shape index (κ3) is 9.92. The summed E-state index contributed by atoms with van der Waals surface area (Å²) in [5, 5.41) is 3.36. The zero-order valence-electron chi connectivity index (χ0n) is 7.86. The highest BCUT2D eigenvalue weighted by molar-refractivity contribution is 4.46. The molecule has 2 heteroatoms. The number of nitrogens with one attached hydrogen (secondary N) is 1. The van der Waals surface area contributed by atoms with E-state index in [9.17, 15) is 0 Å². The Balaban J connectivity index is 2.69. The largest absolute Gasteiger partial charge is 0.382 e. The van der Waals surface area contributed by atoms with Crippen molar-refractivity contribution in [1.29, 1.82) is 0 Å². The molecule has 68 valence electrons. The smallest absolute Gasteiger partial charge is 0.0466 e. The lowest BCUT2D eigenvalue weighted by Gasteiger charge is -2.02. The number of unbranched alkanes of at least 4 members (excludes halogenated alkanes) is 1. The quantitative estimate of drug-likeness (QED) is 0.545. The van der Waals surface area contributed by atoms with E-state index in [1.54, 1.807) is 0 Å². The zero-order valence-corrected chi connectivity index (χ0v) is 7.86. The van der Waals surface area contributed by atoms with Crippen LogP contribution >= 0.6 is 0 Å². The maximum atomic E-state index is 5.21. The van der Waals surface area contributed by atoms with Crippen LogP contribution in [-0.2, 0) is 4.74 Å². The Morgan fingerprint density at radius 1 is 1.09 bits per heavy atom. The number of hydrogen-bond acceptors (Lipinski definition) is 2. The maximum Gasteiger partial charge on any atom is 0.0466 e. The molecule has 1 N–H and O–H groups in total. The minimum atomic E-state index is 0.850. The fraction of sp³-hybridized carbons (Fsp3) is 1.00. The maximum absolute atomic E-state index is 5.21. The molecule has 0 saturated carbocycles. The first kappa shape index (κ1) is 10.9. The van der Waals surface area contributed by atoms with Crippen molar-refractivity contribution in [2.45, 2.75) is 33.1 Å². The van der Waals surface area contributed by atoms with E-state index < -0.39 is 0 Å². The summed E-state index contributed by atoms with van der Waals surface area (Å²) in [4.78, 5) is 0. The Kier molecular flexibility index (Phi) is 9.85. The van der Waals surface area contributed by atoms with Crippen LogP contribution in [0.5, 0.6) is 0 Å². The van der Waals surface area contributed by atoms with E-state index in [4.69, 9.17) is 4.74 Å². The number of hydrogen-bond donors (Lipinski definition) is 1. The summed E-state index contributed by atoms with van der Waals surface area (Å²) < 4.78 is 5.21. The second-order valence-electron chi connectivity index (χ2n) is 2.65. The molecular formula is C9H21NO.